The lowest BCUT2D eigenvalue weighted by atomic mass is 10.1. The maximum absolute atomic E-state index is 9.12. The van der Waals surface area contributed by atoms with Crippen molar-refractivity contribution in [3.05, 3.63) is 0 Å². The van der Waals surface area contributed by atoms with Crippen molar-refractivity contribution < 1.29 is 30.3 Å². The molecule has 0 saturated carbocycles. The lowest BCUT2D eigenvalue weighted by Crippen LogP contribution is -2.44. The number of hydrogen-bond donors (Lipinski definition) is 5. The van der Waals surface area contributed by atoms with Gasteiger partial charge in [-0.25, -0.2) is 0 Å². The van der Waals surface area contributed by atoms with Gasteiger partial charge in [0.1, 0.15) is 24.4 Å². The van der Waals surface area contributed by atoms with Gasteiger partial charge in [0.15, 0.2) is 6.29 Å². The molecule has 0 aromatic heterocycles. The van der Waals surface area contributed by atoms with Gasteiger partial charge in [-0.1, -0.05) is 0 Å². The van der Waals surface area contributed by atoms with Crippen LogP contribution >= 0.6 is 0 Å². The predicted molar refractivity (Wildman–Crippen MR) is 36.0 cm³/mol. The monoisotopic (exact) mass is 180 g/mol. The Morgan fingerprint density at radius 2 is 1.75 bits per heavy atom. The van der Waals surface area contributed by atoms with E-state index in [-0.39, 0.29) is 6.61 Å². The Morgan fingerprint density at radius 1 is 1.17 bits per heavy atom. The normalized spacial score (nSPS) is 39.0. The zero-order valence-corrected chi connectivity index (χ0v) is 6.24. The van der Waals surface area contributed by atoms with Crippen LogP contribution in [0.25, 0.3) is 0 Å². The Hall–Kier alpha value is -0.240. The summed E-state index contributed by atoms with van der Waals surface area (Å²) in [6.07, 6.45) is -7.07. The van der Waals surface area contributed by atoms with Crippen molar-refractivity contribution in [2.75, 3.05) is 6.61 Å². The van der Waals surface area contributed by atoms with Gasteiger partial charge in [0.25, 0.3) is 0 Å². The SMILES string of the molecule is OC(O)[C@@H](O)C1OCC(O)[C@@H]1O. The van der Waals surface area contributed by atoms with Crippen LogP contribution in [0.4, 0.5) is 0 Å². The van der Waals surface area contributed by atoms with E-state index in [1.54, 1.807) is 0 Å². The summed E-state index contributed by atoms with van der Waals surface area (Å²) in [5.74, 6) is 0. The van der Waals surface area contributed by atoms with E-state index in [4.69, 9.17) is 30.3 Å². The molecule has 1 aliphatic heterocycles. The summed E-state index contributed by atoms with van der Waals surface area (Å²) in [7, 11) is 0. The van der Waals surface area contributed by atoms with Crippen LogP contribution in [0.5, 0.6) is 0 Å². The number of ether oxygens (including phenoxy) is 1. The lowest BCUT2D eigenvalue weighted by molar-refractivity contribution is -0.173. The predicted octanol–water partition coefficient (Wildman–Crippen LogP) is -3.22. The molecule has 0 bridgehead atoms. The third-order valence-electron chi connectivity index (χ3n) is 1.83. The van der Waals surface area contributed by atoms with E-state index in [2.05, 4.69) is 0 Å². The summed E-state index contributed by atoms with van der Waals surface area (Å²) in [6.45, 7) is -0.115. The van der Waals surface area contributed by atoms with Crippen molar-refractivity contribution >= 4 is 0 Å². The van der Waals surface area contributed by atoms with Crippen molar-refractivity contribution in [3.63, 3.8) is 0 Å². The van der Waals surface area contributed by atoms with Crippen LogP contribution in [0.2, 0.25) is 0 Å². The second-order valence-corrected chi connectivity index (χ2v) is 2.76. The first kappa shape index (κ1) is 9.85. The summed E-state index contributed by atoms with van der Waals surface area (Å²) in [5, 5.41) is 44.1. The van der Waals surface area contributed by atoms with Crippen molar-refractivity contribution in [1.29, 1.82) is 0 Å². The first-order chi connectivity index (χ1) is 5.54. The molecule has 12 heavy (non-hydrogen) atoms. The van der Waals surface area contributed by atoms with E-state index in [0.717, 1.165) is 0 Å². The fourth-order valence-electron chi connectivity index (χ4n) is 1.10. The van der Waals surface area contributed by atoms with Crippen LogP contribution in [0.3, 0.4) is 0 Å². The van der Waals surface area contributed by atoms with Crippen LogP contribution in [0.15, 0.2) is 0 Å². The van der Waals surface area contributed by atoms with Crippen molar-refractivity contribution in [2.24, 2.45) is 0 Å². The topological polar surface area (TPSA) is 110 Å². The van der Waals surface area contributed by atoms with E-state index < -0.39 is 30.7 Å². The van der Waals surface area contributed by atoms with Gasteiger partial charge in [-0.2, -0.15) is 0 Å². The zero-order valence-electron chi connectivity index (χ0n) is 6.24. The van der Waals surface area contributed by atoms with Gasteiger partial charge in [-0.15, -0.1) is 0 Å². The number of hydrogen-bond acceptors (Lipinski definition) is 6. The van der Waals surface area contributed by atoms with E-state index in [9.17, 15) is 0 Å². The van der Waals surface area contributed by atoms with Gasteiger partial charge >= 0.3 is 0 Å². The standard InChI is InChI=1S/C6H12O6/c7-2-1-12-5(3(2)8)4(9)6(10)11/h2-11H,1H2/t2?,3-,4-,5?/m0/s1. The van der Waals surface area contributed by atoms with Crippen molar-refractivity contribution in [3.8, 4) is 0 Å². The molecule has 6 heteroatoms. The maximum atomic E-state index is 9.12. The molecule has 0 spiro atoms. The first-order valence-corrected chi connectivity index (χ1v) is 3.56. The minimum atomic E-state index is -1.98. The zero-order chi connectivity index (χ0) is 9.30. The first-order valence-electron chi connectivity index (χ1n) is 3.56. The van der Waals surface area contributed by atoms with E-state index in [1.807, 2.05) is 0 Å². The summed E-state index contributed by atoms with van der Waals surface area (Å²) >= 11 is 0. The minimum Gasteiger partial charge on any atom is -0.388 e. The van der Waals surface area contributed by atoms with E-state index >= 15 is 0 Å². The van der Waals surface area contributed by atoms with Gasteiger partial charge < -0.3 is 30.3 Å². The fourth-order valence-corrected chi connectivity index (χ4v) is 1.10. The second-order valence-electron chi connectivity index (χ2n) is 2.76. The minimum absolute atomic E-state index is 0.115. The van der Waals surface area contributed by atoms with Crippen LogP contribution in [0.1, 0.15) is 0 Å². The van der Waals surface area contributed by atoms with Gasteiger partial charge in [-0.3, -0.25) is 0 Å². The highest BCUT2D eigenvalue weighted by molar-refractivity contribution is 4.88. The highest BCUT2D eigenvalue weighted by Gasteiger charge is 2.41. The summed E-state index contributed by atoms with van der Waals surface area (Å²) < 4.78 is 4.73. The molecule has 2 unspecified atom stereocenters. The molecule has 1 heterocycles. The molecule has 0 aromatic rings. The average Bonchev–Trinajstić information content (AvgIpc) is 2.32. The molecule has 1 saturated heterocycles. The van der Waals surface area contributed by atoms with Crippen LogP contribution < -0.4 is 0 Å². The van der Waals surface area contributed by atoms with Crippen LogP contribution in [-0.2, 0) is 4.74 Å². The molecule has 72 valence electrons. The van der Waals surface area contributed by atoms with E-state index in [1.165, 1.54) is 0 Å². The lowest BCUT2D eigenvalue weighted by Gasteiger charge is -2.21. The molecule has 1 aliphatic rings. The fraction of sp³-hybridized carbons (Fsp3) is 1.00. The number of aliphatic hydroxyl groups excluding tert-OH is 4. The van der Waals surface area contributed by atoms with Crippen LogP contribution in [-0.4, -0.2) is 62.8 Å². The molecule has 0 amide bonds. The molecule has 0 radical (unpaired) electrons. The Balaban J connectivity index is 2.53. The van der Waals surface area contributed by atoms with Gasteiger partial charge in [0, 0.05) is 0 Å². The molecular weight excluding hydrogens is 168 g/mol. The molecule has 5 N–H and O–H groups in total. The average molecular weight is 180 g/mol. The Kier molecular flexibility index (Phi) is 2.99. The van der Waals surface area contributed by atoms with Crippen LogP contribution in [0, 0.1) is 0 Å². The molecule has 0 aliphatic carbocycles. The number of aliphatic hydroxyl groups is 5. The molecule has 4 atom stereocenters. The van der Waals surface area contributed by atoms with E-state index in [0.29, 0.717) is 0 Å². The highest BCUT2D eigenvalue weighted by atomic mass is 16.6. The Morgan fingerprint density at radius 3 is 2.08 bits per heavy atom. The summed E-state index contributed by atoms with van der Waals surface area (Å²) in [6, 6.07) is 0. The summed E-state index contributed by atoms with van der Waals surface area (Å²) in [5.41, 5.74) is 0. The Bertz CT molecular complexity index is 149. The molecule has 1 rings (SSSR count). The molecule has 0 aromatic carbocycles. The van der Waals surface area contributed by atoms with Crippen molar-refractivity contribution in [1.82, 2.24) is 0 Å². The third kappa shape index (κ3) is 1.74. The molecular formula is C6H12O6. The van der Waals surface area contributed by atoms with Crippen molar-refractivity contribution in [2.45, 2.75) is 30.7 Å². The third-order valence-corrected chi connectivity index (χ3v) is 1.83. The number of rotatable bonds is 2. The summed E-state index contributed by atoms with van der Waals surface area (Å²) in [4.78, 5) is 0. The highest BCUT2D eigenvalue weighted by Crippen LogP contribution is 2.18. The van der Waals surface area contributed by atoms with Gasteiger partial charge in [0.05, 0.1) is 6.61 Å². The molecule has 6 nitrogen and oxygen atoms in total. The molecule has 1 fully saturated rings. The van der Waals surface area contributed by atoms with Gasteiger partial charge in [-0.05, 0) is 0 Å². The second kappa shape index (κ2) is 3.65. The van der Waals surface area contributed by atoms with Gasteiger partial charge in [0.2, 0.25) is 0 Å². The quantitative estimate of drug-likeness (QED) is 0.286. The maximum Gasteiger partial charge on any atom is 0.180 e. The largest absolute Gasteiger partial charge is 0.388 e. The Labute approximate surface area is 68.6 Å². The smallest absolute Gasteiger partial charge is 0.180 e.